The molecule has 2 aromatic carbocycles. The molecule has 1 aliphatic heterocycles. The van der Waals surface area contributed by atoms with Crippen molar-refractivity contribution in [3.05, 3.63) is 53.0 Å². The summed E-state index contributed by atoms with van der Waals surface area (Å²) in [6.07, 6.45) is 2.46. The SMILES string of the molecule is CC(O)(COc1ccc(-c2ccccc2Br)cc1)CN1CCCC1. The van der Waals surface area contributed by atoms with Gasteiger partial charge in [-0.2, -0.15) is 0 Å². The number of ether oxygens (including phenoxy) is 1. The summed E-state index contributed by atoms with van der Waals surface area (Å²) in [7, 11) is 0. The van der Waals surface area contributed by atoms with E-state index in [9.17, 15) is 5.11 Å². The van der Waals surface area contributed by atoms with Crippen molar-refractivity contribution < 1.29 is 9.84 Å². The van der Waals surface area contributed by atoms with Crippen LogP contribution in [0.4, 0.5) is 0 Å². The average molecular weight is 390 g/mol. The number of aliphatic hydroxyl groups is 1. The van der Waals surface area contributed by atoms with Crippen LogP contribution in [-0.2, 0) is 0 Å². The fraction of sp³-hybridized carbons (Fsp3) is 0.400. The van der Waals surface area contributed by atoms with E-state index in [0.717, 1.165) is 34.4 Å². The predicted octanol–water partition coefficient (Wildman–Crippen LogP) is 4.34. The van der Waals surface area contributed by atoms with Gasteiger partial charge in [-0.1, -0.05) is 46.3 Å². The van der Waals surface area contributed by atoms with Crippen LogP contribution in [0.2, 0.25) is 0 Å². The molecule has 0 aliphatic carbocycles. The van der Waals surface area contributed by atoms with Crippen LogP contribution in [0.25, 0.3) is 11.1 Å². The molecule has 1 unspecified atom stereocenters. The zero-order chi connectivity index (χ0) is 17.0. The summed E-state index contributed by atoms with van der Waals surface area (Å²) in [5, 5.41) is 10.5. The number of benzene rings is 2. The summed E-state index contributed by atoms with van der Waals surface area (Å²) < 4.78 is 6.89. The van der Waals surface area contributed by atoms with E-state index in [0.29, 0.717) is 13.2 Å². The number of likely N-dealkylation sites (tertiary alicyclic amines) is 1. The van der Waals surface area contributed by atoms with Crippen molar-refractivity contribution in [3.63, 3.8) is 0 Å². The molecule has 1 fully saturated rings. The van der Waals surface area contributed by atoms with Gasteiger partial charge in [-0.15, -0.1) is 0 Å². The van der Waals surface area contributed by atoms with Crippen molar-refractivity contribution in [2.75, 3.05) is 26.2 Å². The normalized spacial score (nSPS) is 17.6. The first-order chi connectivity index (χ1) is 11.5. The minimum absolute atomic E-state index is 0.303. The van der Waals surface area contributed by atoms with Gasteiger partial charge in [0.05, 0.1) is 0 Å². The number of halogens is 1. The Morgan fingerprint density at radius 2 is 1.75 bits per heavy atom. The van der Waals surface area contributed by atoms with Gasteiger partial charge in [-0.05, 0) is 62.2 Å². The Kier molecular flexibility index (Phi) is 5.59. The van der Waals surface area contributed by atoms with E-state index >= 15 is 0 Å². The third-order valence-electron chi connectivity index (χ3n) is 4.35. The lowest BCUT2D eigenvalue weighted by Gasteiger charge is -2.28. The van der Waals surface area contributed by atoms with Crippen LogP contribution in [0, 0.1) is 0 Å². The van der Waals surface area contributed by atoms with Gasteiger partial charge in [0.2, 0.25) is 0 Å². The molecule has 2 aromatic rings. The van der Waals surface area contributed by atoms with Gasteiger partial charge >= 0.3 is 0 Å². The van der Waals surface area contributed by atoms with E-state index in [1.54, 1.807) is 0 Å². The molecule has 1 N–H and O–H groups in total. The first-order valence-electron chi connectivity index (χ1n) is 8.46. The van der Waals surface area contributed by atoms with E-state index in [1.165, 1.54) is 12.8 Å². The molecule has 0 bridgehead atoms. The highest BCUT2D eigenvalue weighted by atomic mass is 79.9. The second-order valence-corrected chi connectivity index (χ2v) is 7.63. The Morgan fingerprint density at radius 3 is 2.42 bits per heavy atom. The monoisotopic (exact) mass is 389 g/mol. The number of rotatable bonds is 6. The molecule has 4 heteroatoms. The second kappa shape index (κ2) is 7.68. The largest absolute Gasteiger partial charge is 0.491 e. The molecule has 1 saturated heterocycles. The fourth-order valence-corrected chi connectivity index (χ4v) is 3.65. The highest BCUT2D eigenvalue weighted by molar-refractivity contribution is 9.10. The van der Waals surface area contributed by atoms with Crippen LogP contribution < -0.4 is 4.74 Å². The molecule has 0 saturated carbocycles. The molecule has 128 valence electrons. The molecular weight excluding hydrogens is 366 g/mol. The van der Waals surface area contributed by atoms with E-state index in [-0.39, 0.29) is 0 Å². The molecule has 0 radical (unpaired) electrons. The molecule has 0 aromatic heterocycles. The summed E-state index contributed by atoms with van der Waals surface area (Å²) in [4.78, 5) is 2.30. The van der Waals surface area contributed by atoms with E-state index in [1.807, 2.05) is 49.4 Å². The Bertz CT molecular complexity index is 664. The minimum Gasteiger partial charge on any atom is -0.491 e. The van der Waals surface area contributed by atoms with Crippen LogP contribution in [-0.4, -0.2) is 41.8 Å². The van der Waals surface area contributed by atoms with Crippen molar-refractivity contribution in [2.45, 2.75) is 25.4 Å². The lowest BCUT2D eigenvalue weighted by atomic mass is 10.1. The lowest BCUT2D eigenvalue weighted by Crippen LogP contribution is -2.44. The van der Waals surface area contributed by atoms with Gasteiger partial charge in [-0.3, -0.25) is 0 Å². The van der Waals surface area contributed by atoms with Crippen molar-refractivity contribution in [1.29, 1.82) is 0 Å². The van der Waals surface area contributed by atoms with E-state index < -0.39 is 5.60 Å². The maximum atomic E-state index is 10.5. The maximum Gasteiger partial charge on any atom is 0.119 e. The highest BCUT2D eigenvalue weighted by Gasteiger charge is 2.26. The van der Waals surface area contributed by atoms with Gasteiger partial charge in [0, 0.05) is 11.0 Å². The minimum atomic E-state index is -0.828. The molecule has 1 atom stereocenters. The maximum absolute atomic E-state index is 10.5. The predicted molar refractivity (Wildman–Crippen MR) is 101 cm³/mol. The number of hydrogen-bond acceptors (Lipinski definition) is 3. The topological polar surface area (TPSA) is 32.7 Å². The molecular formula is C20H24BrNO2. The van der Waals surface area contributed by atoms with E-state index in [2.05, 4.69) is 26.9 Å². The molecule has 1 aliphatic rings. The average Bonchev–Trinajstić information content (AvgIpc) is 3.06. The summed E-state index contributed by atoms with van der Waals surface area (Å²) in [5.74, 6) is 0.785. The summed E-state index contributed by atoms with van der Waals surface area (Å²) in [5.41, 5.74) is 1.47. The third-order valence-corrected chi connectivity index (χ3v) is 5.04. The zero-order valence-electron chi connectivity index (χ0n) is 14.0. The van der Waals surface area contributed by atoms with Crippen molar-refractivity contribution in [3.8, 4) is 16.9 Å². The van der Waals surface area contributed by atoms with Gasteiger partial charge in [0.25, 0.3) is 0 Å². The van der Waals surface area contributed by atoms with Gasteiger partial charge < -0.3 is 14.7 Å². The summed E-state index contributed by atoms with van der Waals surface area (Å²) >= 11 is 3.58. The van der Waals surface area contributed by atoms with Crippen LogP contribution in [0.1, 0.15) is 19.8 Å². The quantitative estimate of drug-likeness (QED) is 0.797. The van der Waals surface area contributed by atoms with Crippen LogP contribution in [0.5, 0.6) is 5.75 Å². The number of nitrogens with zero attached hydrogens (tertiary/aromatic N) is 1. The van der Waals surface area contributed by atoms with Crippen LogP contribution in [0.15, 0.2) is 53.0 Å². The fourth-order valence-electron chi connectivity index (χ4n) is 3.13. The zero-order valence-corrected chi connectivity index (χ0v) is 15.6. The Balaban J connectivity index is 1.59. The molecule has 3 rings (SSSR count). The molecule has 1 heterocycles. The Morgan fingerprint density at radius 1 is 1.08 bits per heavy atom. The summed E-state index contributed by atoms with van der Waals surface area (Å²) in [6, 6.07) is 16.2. The summed E-state index contributed by atoms with van der Waals surface area (Å²) in [6.45, 7) is 4.98. The third kappa shape index (κ3) is 4.59. The smallest absolute Gasteiger partial charge is 0.119 e. The standard InChI is InChI=1S/C20H24BrNO2/c1-20(23,14-22-12-4-5-13-22)15-24-17-10-8-16(9-11-17)18-6-2-3-7-19(18)21/h2-3,6-11,23H,4-5,12-15H2,1H3. The Labute approximate surface area is 152 Å². The van der Waals surface area contributed by atoms with Gasteiger partial charge in [-0.25, -0.2) is 0 Å². The van der Waals surface area contributed by atoms with Crippen molar-refractivity contribution in [2.24, 2.45) is 0 Å². The number of β-amino-alcohol motifs (C(OH)–C–C–N with tert-alkyl or cyclic N) is 1. The number of hydrogen-bond donors (Lipinski definition) is 1. The van der Waals surface area contributed by atoms with Gasteiger partial charge in [0.15, 0.2) is 0 Å². The van der Waals surface area contributed by atoms with Crippen LogP contribution >= 0.6 is 15.9 Å². The first kappa shape index (κ1) is 17.5. The molecule has 0 amide bonds. The second-order valence-electron chi connectivity index (χ2n) is 6.77. The van der Waals surface area contributed by atoms with Crippen molar-refractivity contribution >= 4 is 15.9 Å². The van der Waals surface area contributed by atoms with Crippen LogP contribution in [0.3, 0.4) is 0 Å². The van der Waals surface area contributed by atoms with E-state index in [4.69, 9.17) is 4.74 Å². The molecule has 0 spiro atoms. The molecule has 3 nitrogen and oxygen atoms in total. The highest BCUT2D eigenvalue weighted by Crippen LogP contribution is 2.29. The lowest BCUT2D eigenvalue weighted by molar-refractivity contribution is -0.0127. The first-order valence-corrected chi connectivity index (χ1v) is 9.25. The molecule has 24 heavy (non-hydrogen) atoms. The van der Waals surface area contributed by atoms with Gasteiger partial charge in [0.1, 0.15) is 18.0 Å². The Hall–Kier alpha value is -1.36. The van der Waals surface area contributed by atoms with Crippen molar-refractivity contribution in [1.82, 2.24) is 4.90 Å².